The fourth-order valence-corrected chi connectivity index (χ4v) is 3.02. The molecule has 1 fully saturated rings. The molecule has 0 spiro atoms. The van der Waals surface area contributed by atoms with Crippen molar-refractivity contribution in [3.05, 3.63) is 18.5 Å². The Morgan fingerprint density at radius 1 is 1.53 bits per heavy atom. The molecule has 1 aliphatic rings. The monoisotopic (exact) mass is 285 g/mol. The lowest BCUT2D eigenvalue weighted by Crippen LogP contribution is -2.38. The molecule has 2 heterocycles. The Bertz CT molecular complexity index is 574. The summed E-state index contributed by atoms with van der Waals surface area (Å²) in [6.45, 7) is 0.146. The van der Waals surface area contributed by atoms with Crippen molar-refractivity contribution < 1.29 is 13.2 Å². The number of carbonyl (C=O) groups excluding carboxylic acids is 1. The van der Waals surface area contributed by atoms with Gasteiger partial charge in [-0.05, 0) is 12.5 Å². The van der Waals surface area contributed by atoms with Gasteiger partial charge in [0.2, 0.25) is 15.9 Å². The van der Waals surface area contributed by atoms with Crippen molar-refractivity contribution in [1.82, 2.24) is 15.0 Å². The molecule has 19 heavy (non-hydrogen) atoms. The van der Waals surface area contributed by atoms with Crippen LogP contribution in [-0.4, -0.2) is 31.9 Å². The van der Waals surface area contributed by atoms with Crippen molar-refractivity contribution in [1.29, 1.82) is 0 Å². The second-order valence-corrected chi connectivity index (χ2v) is 5.91. The van der Waals surface area contributed by atoms with E-state index in [1.165, 1.54) is 18.5 Å². The quantitative estimate of drug-likeness (QED) is 0.403. The zero-order chi connectivity index (χ0) is 13.9. The van der Waals surface area contributed by atoms with Crippen LogP contribution in [0.1, 0.15) is 12.8 Å². The van der Waals surface area contributed by atoms with Crippen LogP contribution in [0.5, 0.6) is 0 Å². The van der Waals surface area contributed by atoms with E-state index in [4.69, 9.17) is 5.84 Å². The third-order valence-electron chi connectivity index (χ3n) is 2.83. The molecule has 0 radical (unpaired) electrons. The first-order valence-corrected chi connectivity index (χ1v) is 7.21. The molecule has 0 bridgehead atoms. The molecule has 1 saturated heterocycles. The summed E-state index contributed by atoms with van der Waals surface area (Å²) in [7, 11) is -3.71. The molecule has 8 nitrogen and oxygen atoms in total. The number of nitrogens with zero attached hydrogens (tertiary/aromatic N) is 1. The summed E-state index contributed by atoms with van der Waals surface area (Å²) >= 11 is 0. The zero-order valence-corrected chi connectivity index (χ0v) is 10.9. The zero-order valence-electron chi connectivity index (χ0n) is 10.1. The maximum absolute atomic E-state index is 12.1. The first-order chi connectivity index (χ1) is 9.03. The van der Waals surface area contributed by atoms with Crippen molar-refractivity contribution in [2.75, 3.05) is 12.0 Å². The van der Waals surface area contributed by atoms with Crippen LogP contribution in [0.3, 0.4) is 0 Å². The molecule has 2 rings (SSSR count). The number of nitrogens with one attached hydrogen (secondary N) is 3. The molecule has 0 aliphatic carbocycles. The number of aromatic nitrogens is 1. The van der Waals surface area contributed by atoms with Gasteiger partial charge in [-0.2, -0.15) is 0 Å². The fourth-order valence-electron chi connectivity index (χ4n) is 1.83. The van der Waals surface area contributed by atoms with Crippen molar-refractivity contribution >= 4 is 21.6 Å². The number of pyridine rings is 1. The van der Waals surface area contributed by atoms with Crippen LogP contribution in [0, 0.1) is 0 Å². The summed E-state index contributed by atoms with van der Waals surface area (Å²) in [6.07, 6.45) is 3.70. The Morgan fingerprint density at radius 3 is 2.95 bits per heavy atom. The molecular weight excluding hydrogens is 270 g/mol. The van der Waals surface area contributed by atoms with Gasteiger partial charge in [0.05, 0.1) is 5.69 Å². The number of hydrogen-bond acceptors (Lipinski definition) is 6. The number of rotatable bonds is 5. The second kappa shape index (κ2) is 5.51. The summed E-state index contributed by atoms with van der Waals surface area (Å²) in [5.41, 5.74) is 2.57. The van der Waals surface area contributed by atoms with Crippen LogP contribution < -0.4 is 21.3 Å². The molecular formula is C10H15N5O3S. The number of anilines is 1. The molecule has 5 N–H and O–H groups in total. The highest BCUT2D eigenvalue weighted by Gasteiger charge is 2.24. The normalized spacial score (nSPS) is 19.2. The highest BCUT2D eigenvalue weighted by atomic mass is 32.2. The van der Waals surface area contributed by atoms with Gasteiger partial charge in [-0.3, -0.25) is 15.6 Å². The number of hydrazine groups is 1. The minimum Gasteiger partial charge on any atom is -0.352 e. The molecule has 1 aromatic heterocycles. The van der Waals surface area contributed by atoms with Gasteiger partial charge in [-0.1, -0.05) is 0 Å². The summed E-state index contributed by atoms with van der Waals surface area (Å²) < 4.78 is 26.6. The summed E-state index contributed by atoms with van der Waals surface area (Å²) in [6, 6.07) is 1.29. The average Bonchev–Trinajstić information content (AvgIpc) is 2.82. The molecule has 0 saturated carbocycles. The number of sulfonamides is 1. The van der Waals surface area contributed by atoms with Crippen LogP contribution in [0.15, 0.2) is 23.4 Å². The van der Waals surface area contributed by atoms with Crippen LogP contribution in [0.4, 0.5) is 5.69 Å². The number of hydrogen-bond donors (Lipinski definition) is 4. The minimum absolute atomic E-state index is 0.0261. The third-order valence-corrected chi connectivity index (χ3v) is 4.29. The molecule has 1 atom stereocenters. The van der Waals surface area contributed by atoms with E-state index in [1.807, 2.05) is 0 Å². The Labute approximate surface area is 110 Å². The fraction of sp³-hybridized carbons (Fsp3) is 0.400. The lowest BCUT2D eigenvalue weighted by molar-refractivity contribution is -0.119. The van der Waals surface area contributed by atoms with Crippen LogP contribution in [0.2, 0.25) is 0 Å². The highest BCUT2D eigenvalue weighted by Crippen LogP contribution is 2.18. The van der Waals surface area contributed by atoms with E-state index >= 15 is 0 Å². The first-order valence-electron chi connectivity index (χ1n) is 5.72. The first kappa shape index (κ1) is 13.7. The van der Waals surface area contributed by atoms with Crippen molar-refractivity contribution in [3.63, 3.8) is 0 Å². The van der Waals surface area contributed by atoms with E-state index < -0.39 is 10.0 Å². The highest BCUT2D eigenvalue weighted by molar-refractivity contribution is 7.89. The Hall–Kier alpha value is -1.71. The lowest BCUT2D eigenvalue weighted by atomic mass is 10.2. The predicted molar refractivity (Wildman–Crippen MR) is 68.4 cm³/mol. The largest absolute Gasteiger partial charge is 0.352 e. The molecule has 1 amide bonds. The van der Waals surface area contributed by atoms with Gasteiger partial charge in [0.25, 0.3) is 0 Å². The van der Waals surface area contributed by atoms with E-state index in [0.29, 0.717) is 12.8 Å². The molecule has 104 valence electrons. The molecule has 1 aromatic rings. The van der Waals surface area contributed by atoms with Gasteiger partial charge in [-0.25, -0.2) is 13.1 Å². The van der Waals surface area contributed by atoms with E-state index in [-0.39, 0.29) is 29.1 Å². The van der Waals surface area contributed by atoms with Gasteiger partial charge in [-0.15, -0.1) is 0 Å². The van der Waals surface area contributed by atoms with Crippen molar-refractivity contribution in [2.45, 2.75) is 23.8 Å². The van der Waals surface area contributed by atoms with E-state index in [2.05, 4.69) is 20.4 Å². The van der Waals surface area contributed by atoms with Crippen molar-refractivity contribution in [2.24, 2.45) is 5.84 Å². The van der Waals surface area contributed by atoms with Crippen molar-refractivity contribution in [3.8, 4) is 0 Å². The number of amides is 1. The van der Waals surface area contributed by atoms with Crippen LogP contribution >= 0.6 is 0 Å². The smallest absolute Gasteiger partial charge is 0.244 e. The lowest BCUT2D eigenvalue weighted by Gasteiger charge is -2.13. The SMILES string of the molecule is NNc1ccncc1S(=O)(=O)NCC1CCC(=O)N1. The number of nitrogens with two attached hydrogens (primary N) is 1. The van der Waals surface area contributed by atoms with Crippen LogP contribution in [0.25, 0.3) is 0 Å². The van der Waals surface area contributed by atoms with E-state index in [0.717, 1.165) is 0 Å². The second-order valence-electron chi connectivity index (χ2n) is 4.17. The molecule has 9 heteroatoms. The molecule has 1 unspecified atom stereocenters. The van der Waals surface area contributed by atoms with Gasteiger partial charge < -0.3 is 10.7 Å². The number of carbonyl (C=O) groups is 1. The standard InChI is InChI=1S/C10H15N5O3S/c11-15-8-3-4-12-6-9(8)19(17,18)13-5-7-1-2-10(16)14-7/h3-4,6-7,13H,1-2,5,11H2,(H,12,15)(H,14,16). The van der Waals surface area contributed by atoms with Gasteiger partial charge in [0, 0.05) is 31.4 Å². The summed E-state index contributed by atoms with van der Waals surface area (Å²) in [5.74, 6) is 5.20. The van der Waals surface area contributed by atoms with Gasteiger partial charge in [0.1, 0.15) is 4.90 Å². The Kier molecular flexibility index (Phi) is 3.98. The maximum Gasteiger partial charge on any atom is 0.244 e. The van der Waals surface area contributed by atoms with E-state index in [1.54, 1.807) is 0 Å². The molecule has 0 aromatic carbocycles. The van der Waals surface area contributed by atoms with E-state index in [9.17, 15) is 13.2 Å². The molecule has 1 aliphatic heterocycles. The maximum atomic E-state index is 12.1. The summed E-state index contributed by atoms with van der Waals surface area (Å²) in [5, 5.41) is 2.68. The summed E-state index contributed by atoms with van der Waals surface area (Å²) in [4.78, 5) is 14.8. The Balaban J connectivity index is 2.08. The average molecular weight is 285 g/mol. The third kappa shape index (κ3) is 3.19. The number of nitrogen functional groups attached to an aromatic ring is 1. The Morgan fingerprint density at radius 2 is 2.32 bits per heavy atom. The topological polar surface area (TPSA) is 126 Å². The van der Waals surface area contributed by atoms with Gasteiger partial charge in [0.15, 0.2) is 0 Å². The minimum atomic E-state index is -3.71. The van der Waals surface area contributed by atoms with Gasteiger partial charge >= 0.3 is 0 Å². The van der Waals surface area contributed by atoms with Crippen LogP contribution in [-0.2, 0) is 14.8 Å². The predicted octanol–water partition coefficient (Wildman–Crippen LogP) is -1.08.